The smallest absolute Gasteiger partial charge is 0.332 e. The highest BCUT2D eigenvalue weighted by Gasteiger charge is 2.10. The third-order valence-electron chi connectivity index (χ3n) is 3.65. The van der Waals surface area contributed by atoms with Crippen molar-refractivity contribution in [2.24, 2.45) is 10.8 Å². The molecule has 0 aliphatic rings. The number of rotatable bonds is 11. The summed E-state index contributed by atoms with van der Waals surface area (Å²) >= 11 is 0. The number of primary amides is 1. The number of carbonyl (C=O) groups excluding carboxylic acids is 3. The molecule has 0 spiro atoms. The summed E-state index contributed by atoms with van der Waals surface area (Å²) in [6.45, 7) is 3.43. The molecule has 0 heterocycles. The number of esters is 2. The lowest BCUT2D eigenvalue weighted by Gasteiger charge is -2.11. The molecule has 0 atom stereocenters. The topological polar surface area (TPSA) is 144 Å². The van der Waals surface area contributed by atoms with Crippen LogP contribution in [0.2, 0.25) is 0 Å². The molecule has 0 fully saturated rings. The van der Waals surface area contributed by atoms with Crippen LogP contribution in [-0.2, 0) is 32.3 Å². The van der Waals surface area contributed by atoms with Gasteiger partial charge in [-0.2, -0.15) is 5.10 Å². The van der Waals surface area contributed by atoms with Gasteiger partial charge in [0.2, 0.25) is 0 Å². The largest absolute Gasteiger partial charge is 0.461 e. The van der Waals surface area contributed by atoms with Gasteiger partial charge in [-0.1, -0.05) is 24.3 Å². The third kappa shape index (κ3) is 10.0. The van der Waals surface area contributed by atoms with Crippen LogP contribution in [0.3, 0.4) is 0 Å². The van der Waals surface area contributed by atoms with E-state index in [-0.39, 0.29) is 32.0 Å². The molecule has 9 nitrogen and oxygen atoms in total. The molecule has 0 aliphatic carbocycles. The maximum absolute atomic E-state index is 11.9. The van der Waals surface area contributed by atoms with Crippen LogP contribution in [0, 0.1) is 5.41 Å². The van der Waals surface area contributed by atoms with Crippen molar-refractivity contribution < 1.29 is 23.9 Å². The Morgan fingerprint density at radius 2 is 1.46 bits per heavy atom. The molecule has 2 amide bonds. The van der Waals surface area contributed by atoms with Crippen molar-refractivity contribution >= 4 is 29.4 Å². The molecular weight excluding hydrogens is 364 g/mol. The van der Waals surface area contributed by atoms with E-state index in [0.717, 1.165) is 11.1 Å². The van der Waals surface area contributed by atoms with Gasteiger partial charge in [0, 0.05) is 11.4 Å². The lowest BCUT2D eigenvalue weighted by atomic mass is 10.1. The van der Waals surface area contributed by atoms with Crippen molar-refractivity contribution in [2.75, 3.05) is 0 Å². The van der Waals surface area contributed by atoms with Gasteiger partial charge < -0.3 is 20.6 Å². The number of nitrogens with two attached hydrogens (primary N) is 1. The number of hydrogen-bond donors (Lipinski definition) is 3. The highest BCUT2D eigenvalue weighted by atomic mass is 16.5. The monoisotopic (exact) mass is 390 g/mol. The van der Waals surface area contributed by atoms with E-state index < -0.39 is 12.0 Å². The van der Waals surface area contributed by atoms with Gasteiger partial charge in [0.1, 0.15) is 13.2 Å². The number of amides is 2. The predicted octanol–water partition coefficient (Wildman–Crippen LogP) is 2.42. The quantitative estimate of drug-likeness (QED) is 0.302. The summed E-state index contributed by atoms with van der Waals surface area (Å²) in [5.74, 6) is -0.792. The minimum absolute atomic E-state index is 0.0574. The number of hydrazone groups is 1. The molecule has 1 aromatic carbocycles. The number of carbonyl (C=O) groups is 3. The molecule has 0 unspecified atom stereocenters. The summed E-state index contributed by atoms with van der Waals surface area (Å²) < 4.78 is 10.5. The van der Waals surface area contributed by atoms with E-state index >= 15 is 0 Å². The summed E-state index contributed by atoms with van der Waals surface area (Å²) in [4.78, 5) is 34.2. The summed E-state index contributed by atoms with van der Waals surface area (Å²) in [6.07, 6.45) is 0.967. The van der Waals surface area contributed by atoms with Crippen LogP contribution in [0.4, 0.5) is 4.79 Å². The Hall–Kier alpha value is -3.23. The Morgan fingerprint density at radius 1 is 0.964 bits per heavy atom. The average Bonchev–Trinajstić information content (AvgIpc) is 2.66. The zero-order chi connectivity index (χ0) is 20.9. The van der Waals surface area contributed by atoms with Gasteiger partial charge in [-0.05, 0) is 37.8 Å². The number of ether oxygens (including phenoxy) is 2. The van der Waals surface area contributed by atoms with Gasteiger partial charge in [-0.25, -0.2) is 10.2 Å². The molecule has 0 bridgehead atoms. The Balaban J connectivity index is 2.46. The standard InChI is InChI=1S/C19H26N4O5/c1-13(20)7-9-17(24)27-11-15-5-3-4-6-16(15)12-28-18(25)10-8-14(2)22-23-19(21)26/h3-6,20H,7-12H2,1-2H3,(H3,21,23,26)/b20-13?,22-14+. The molecular formula is C19H26N4O5. The minimum Gasteiger partial charge on any atom is -0.461 e. The van der Waals surface area contributed by atoms with E-state index in [0.29, 0.717) is 24.3 Å². The molecule has 28 heavy (non-hydrogen) atoms. The van der Waals surface area contributed by atoms with Crippen molar-refractivity contribution in [2.45, 2.75) is 52.7 Å². The molecule has 0 aromatic heterocycles. The third-order valence-corrected chi connectivity index (χ3v) is 3.65. The van der Waals surface area contributed by atoms with Crippen molar-refractivity contribution in [3.05, 3.63) is 35.4 Å². The first kappa shape index (κ1) is 22.8. The highest BCUT2D eigenvalue weighted by Crippen LogP contribution is 2.13. The maximum Gasteiger partial charge on any atom is 0.332 e. The second kappa shape index (κ2) is 12.2. The molecule has 0 radical (unpaired) electrons. The zero-order valence-corrected chi connectivity index (χ0v) is 16.1. The van der Waals surface area contributed by atoms with Crippen LogP contribution in [0.5, 0.6) is 0 Å². The first-order valence-electron chi connectivity index (χ1n) is 8.78. The van der Waals surface area contributed by atoms with Gasteiger partial charge in [-0.15, -0.1) is 0 Å². The Bertz CT molecular complexity index is 746. The van der Waals surface area contributed by atoms with Crippen molar-refractivity contribution in [3.63, 3.8) is 0 Å². The van der Waals surface area contributed by atoms with Gasteiger partial charge in [0.25, 0.3) is 0 Å². The van der Waals surface area contributed by atoms with Crippen molar-refractivity contribution in [3.8, 4) is 0 Å². The number of nitrogens with one attached hydrogen (secondary N) is 2. The van der Waals surface area contributed by atoms with E-state index in [2.05, 4.69) is 10.5 Å². The minimum atomic E-state index is -0.771. The zero-order valence-electron chi connectivity index (χ0n) is 16.1. The molecule has 1 rings (SSSR count). The Labute approximate surface area is 163 Å². The number of nitrogens with zero attached hydrogens (tertiary/aromatic N) is 1. The number of urea groups is 1. The van der Waals surface area contributed by atoms with Gasteiger partial charge in [-0.3, -0.25) is 9.59 Å². The van der Waals surface area contributed by atoms with Crippen molar-refractivity contribution in [1.29, 1.82) is 5.41 Å². The fourth-order valence-electron chi connectivity index (χ4n) is 2.08. The van der Waals surface area contributed by atoms with Crippen LogP contribution in [0.25, 0.3) is 0 Å². The number of hydrogen-bond acceptors (Lipinski definition) is 7. The molecule has 0 aliphatic heterocycles. The summed E-state index contributed by atoms with van der Waals surface area (Å²) in [7, 11) is 0. The first-order chi connectivity index (χ1) is 13.3. The molecule has 152 valence electrons. The SMILES string of the molecule is CC(=N)CCC(=O)OCc1ccccc1COC(=O)CC/C(C)=N/NC(N)=O. The Morgan fingerprint density at radius 3 is 1.93 bits per heavy atom. The summed E-state index contributed by atoms with van der Waals surface area (Å²) in [6, 6.07) is 6.43. The molecule has 0 saturated heterocycles. The summed E-state index contributed by atoms with van der Waals surface area (Å²) in [5, 5.41) is 11.0. The fourth-order valence-corrected chi connectivity index (χ4v) is 2.08. The maximum atomic E-state index is 11.9. The lowest BCUT2D eigenvalue weighted by molar-refractivity contribution is -0.146. The average molecular weight is 390 g/mol. The van der Waals surface area contributed by atoms with E-state index in [4.69, 9.17) is 20.6 Å². The Kier molecular flexibility index (Phi) is 9.95. The molecule has 9 heteroatoms. The second-order valence-electron chi connectivity index (χ2n) is 6.19. The van der Waals surface area contributed by atoms with E-state index in [1.807, 2.05) is 6.07 Å². The van der Waals surface area contributed by atoms with Crippen LogP contribution in [0.1, 0.15) is 50.7 Å². The van der Waals surface area contributed by atoms with E-state index in [1.165, 1.54) is 0 Å². The van der Waals surface area contributed by atoms with Gasteiger partial charge in [0.05, 0.1) is 12.8 Å². The molecule has 1 aromatic rings. The van der Waals surface area contributed by atoms with E-state index in [1.54, 1.807) is 32.0 Å². The highest BCUT2D eigenvalue weighted by molar-refractivity contribution is 5.86. The van der Waals surface area contributed by atoms with E-state index in [9.17, 15) is 14.4 Å². The van der Waals surface area contributed by atoms with Crippen molar-refractivity contribution in [1.82, 2.24) is 5.43 Å². The summed E-state index contributed by atoms with van der Waals surface area (Å²) in [5.41, 5.74) is 9.46. The van der Waals surface area contributed by atoms with Crippen LogP contribution < -0.4 is 11.2 Å². The van der Waals surface area contributed by atoms with Crippen LogP contribution >= 0.6 is 0 Å². The lowest BCUT2D eigenvalue weighted by Crippen LogP contribution is -2.25. The van der Waals surface area contributed by atoms with Gasteiger partial charge >= 0.3 is 18.0 Å². The van der Waals surface area contributed by atoms with Gasteiger partial charge in [0.15, 0.2) is 0 Å². The second-order valence-corrected chi connectivity index (χ2v) is 6.19. The normalized spacial score (nSPS) is 10.9. The first-order valence-corrected chi connectivity index (χ1v) is 8.78. The van der Waals surface area contributed by atoms with Crippen LogP contribution in [-0.4, -0.2) is 29.4 Å². The van der Waals surface area contributed by atoms with Crippen LogP contribution in [0.15, 0.2) is 29.4 Å². The molecule has 4 N–H and O–H groups in total. The number of benzene rings is 1. The molecule has 0 saturated carbocycles. The fraction of sp³-hybridized carbons (Fsp3) is 0.421. The predicted molar refractivity (Wildman–Crippen MR) is 104 cm³/mol.